The van der Waals surface area contributed by atoms with Gasteiger partial charge in [-0.2, -0.15) is 0 Å². The highest BCUT2D eigenvalue weighted by molar-refractivity contribution is 6.30. The smallest absolute Gasteiger partial charge is 0.135 e. The summed E-state index contributed by atoms with van der Waals surface area (Å²) in [7, 11) is 0. The van der Waals surface area contributed by atoms with Gasteiger partial charge in [0, 0.05) is 29.2 Å². The number of aryl methyl sites for hydroxylation is 1. The normalized spacial score (nSPS) is 13.3. The predicted molar refractivity (Wildman–Crippen MR) is 82.5 cm³/mol. The Bertz CT molecular complexity index is 625. The van der Waals surface area contributed by atoms with Crippen molar-refractivity contribution >= 4 is 17.4 Å². The average Bonchev–Trinajstić information content (AvgIpc) is 2.87. The van der Waals surface area contributed by atoms with Crippen LogP contribution in [0.5, 0.6) is 0 Å². The first-order chi connectivity index (χ1) is 9.76. The Labute approximate surface area is 124 Å². The molecule has 0 amide bonds. The van der Waals surface area contributed by atoms with Gasteiger partial charge in [-0.25, -0.2) is 9.97 Å². The van der Waals surface area contributed by atoms with Crippen molar-refractivity contribution in [2.45, 2.75) is 32.6 Å². The molecule has 1 aliphatic rings. The summed E-state index contributed by atoms with van der Waals surface area (Å²) in [4.78, 5) is 9.42. The van der Waals surface area contributed by atoms with Crippen LogP contribution in [0.1, 0.15) is 36.0 Å². The lowest BCUT2D eigenvalue weighted by molar-refractivity contribution is 0.885. The Morgan fingerprint density at radius 1 is 1.25 bits per heavy atom. The minimum atomic E-state index is 0.728. The van der Waals surface area contributed by atoms with Crippen molar-refractivity contribution in [3.05, 3.63) is 51.9 Å². The van der Waals surface area contributed by atoms with Crippen LogP contribution in [-0.4, -0.2) is 16.5 Å². The summed E-state index contributed by atoms with van der Waals surface area (Å²) in [6.07, 6.45) is 4.07. The number of anilines is 1. The standard InChI is InChI=1S/C16H18ClN3/c1-2-18-16-13-7-4-8-14(13)19-15(20-16)10-11-5-3-6-12(17)9-11/h3,5-6,9H,2,4,7-8,10H2,1H3,(H,18,19,20). The van der Waals surface area contributed by atoms with Gasteiger partial charge in [0.15, 0.2) is 0 Å². The fourth-order valence-corrected chi connectivity index (χ4v) is 2.92. The SMILES string of the molecule is CCNc1nc(Cc2cccc(Cl)c2)nc2c1CCC2. The molecule has 1 aromatic heterocycles. The van der Waals surface area contributed by atoms with Crippen molar-refractivity contribution in [1.29, 1.82) is 0 Å². The van der Waals surface area contributed by atoms with E-state index in [2.05, 4.69) is 18.3 Å². The number of halogens is 1. The van der Waals surface area contributed by atoms with E-state index in [1.165, 1.54) is 17.7 Å². The van der Waals surface area contributed by atoms with Crippen molar-refractivity contribution in [2.24, 2.45) is 0 Å². The molecule has 4 heteroatoms. The quantitative estimate of drug-likeness (QED) is 0.933. The summed E-state index contributed by atoms with van der Waals surface area (Å²) in [5, 5.41) is 4.13. The maximum Gasteiger partial charge on any atom is 0.135 e. The number of hydrogen-bond acceptors (Lipinski definition) is 3. The Kier molecular flexibility index (Phi) is 3.88. The molecule has 1 aromatic carbocycles. The fraction of sp³-hybridized carbons (Fsp3) is 0.375. The first-order valence-electron chi connectivity index (χ1n) is 7.13. The van der Waals surface area contributed by atoms with Gasteiger partial charge in [0.1, 0.15) is 11.6 Å². The fourth-order valence-electron chi connectivity index (χ4n) is 2.71. The van der Waals surface area contributed by atoms with Crippen LogP contribution in [0.2, 0.25) is 5.02 Å². The third kappa shape index (κ3) is 2.78. The van der Waals surface area contributed by atoms with Crippen LogP contribution in [0, 0.1) is 0 Å². The van der Waals surface area contributed by atoms with E-state index in [0.717, 1.165) is 48.0 Å². The van der Waals surface area contributed by atoms with Crippen LogP contribution in [0.25, 0.3) is 0 Å². The van der Waals surface area contributed by atoms with E-state index in [1.54, 1.807) is 0 Å². The van der Waals surface area contributed by atoms with Gasteiger partial charge in [0.2, 0.25) is 0 Å². The van der Waals surface area contributed by atoms with E-state index in [0.29, 0.717) is 0 Å². The van der Waals surface area contributed by atoms with Crippen LogP contribution in [0.15, 0.2) is 24.3 Å². The summed E-state index contributed by atoms with van der Waals surface area (Å²) >= 11 is 6.03. The number of nitrogens with one attached hydrogen (secondary N) is 1. The lowest BCUT2D eigenvalue weighted by atomic mass is 10.1. The molecule has 0 radical (unpaired) electrons. The molecule has 3 nitrogen and oxygen atoms in total. The maximum atomic E-state index is 6.03. The molecule has 0 aliphatic heterocycles. The Morgan fingerprint density at radius 3 is 2.95 bits per heavy atom. The molecule has 20 heavy (non-hydrogen) atoms. The van der Waals surface area contributed by atoms with E-state index in [9.17, 15) is 0 Å². The largest absolute Gasteiger partial charge is 0.370 e. The van der Waals surface area contributed by atoms with Crippen molar-refractivity contribution in [3.63, 3.8) is 0 Å². The van der Waals surface area contributed by atoms with Crippen LogP contribution >= 0.6 is 11.6 Å². The molecule has 0 atom stereocenters. The summed E-state index contributed by atoms with van der Waals surface area (Å²) in [5.41, 5.74) is 3.67. The molecule has 1 aliphatic carbocycles. The van der Waals surface area contributed by atoms with Crippen molar-refractivity contribution in [1.82, 2.24) is 9.97 Å². The van der Waals surface area contributed by atoms with E-state index >= 15 is 0 Å². The topological polar surface area (TPSA) is 37.8 Å². The van der Waals surface area contributed by atoms with Crippen LogP contribution in [0.3, 0.4) is 0 Å². The van der Waals surface area contributed by atoms with Gasteiger partial charge in [-0.3, -0.25) is 0 Å². The predicted octanol–water partition coefficient (Wildman–Crippen LogP) is 3.64. The average molecular weight is 288 g/mol. The van der Waals surface area contributed by atoms with Crippen LogP contribution in [-0.2, 0) is 19.3 Å². The Balaban J connectivity index is 1.92. The number of aromatic nitrogens is 2. The van der Waals surface area contributed by atoms with Crippen molar-refractivity contribution in [2.75, 3.05) is 11.9 Å². The summed E-state index contributed by atoms with van der Waals surface area (Å²) in [5.74, 6) is 1.90. The number of nitrogens with zero attached hydrogens (tertiary/aromatic N) is 2. The molecule has 0 spiro atoms. The third-order valence-corrected chi connectivity index (χ3v) is 3.81. The molecular formula is C16H18ClN3. The molecule has 0 saturated carbocycles. The van der Waals surface area contributed by atoms with E-state index < -0.39 is 0 Å². The molecule has 0 unspecified atom stereocenters. The Morgan fingerprint density at radius 2 is 2.15 bits per heavy atom. The molecule has 1 heterocycles. The second-order valence-electron chi connectivity index (χ2n) is 5.10. The van der Waals surface area contributed by atoms with Gasteiger partial charge in [-0.1, -0.05) is 23.7 Å². The minimum Gasteiger partial charge on any atom is -0.370 e. The van der Waals surface area contributed by atoms with E-state index in [4.69, 9.17) is 21.6 Å². The van der Waals surface area contributed by atoms with Gasteiger partial charge in [0.25, 0.3) is 0 Å². The third-order valence-electron chi connectivity index (χ3n) is 3.57. The lowest BCUT2D eigenvalue weighted by Gasteiger charge is -2.11. The maximum absolute atomic E-state index is 6.03. The van der Waals surface area contributed by atoms with Crippen molar-refractivity contribution < 1.29 is 0 Å². The summed E-state index contributed by atoms with van der Waals surface area (Å²) in [6, 6.07) is 7.90. The second-order valence-corrected chi connectivity index (χ2v) is 5.54. The van der Waals surface area contributed by atoms with Gasteiger partial charge >= 0.3 is 0 Å². The van der Waals surface area contributed by atoms with Crippen molar-refractivity contribution in [3.8, 4) is 0 Å². The minimum absolute atomic E-state index is 0.728. The molecule has 0 bridgehead atoms. The highest BCUT2D eigenvalue weighted by atomic mass is 35.5. The first kappa shape index (κ1) is 13.4. The second kappa shape index (κ2) is 5.80. The van der Waals surface area contributed by atoms with Gasteiger partial charge in [0.05, 0.1) is 0 Å². The van der Waals surface area contributed by atoms with Crippen LogP contribution in [0.4, 0.5) is 5.82 Å². The Hall–Kier alpha value is -1.61. The highest BCUT2D eigenvalue weighted by Crippen LogP contribution is 2.26. The highest BCUT2D eigenvalue weighted by Gasteiger charge is 2.19. The molecule has 0 saturated heterocycles. The number of hydrogen-bond donors (Lipinski definition) is 1. The van der Waals surface area contributed by atoms with E-state index in [-0.39, 0.29) is 0 Å². The number of benzene rings is 1. The monoisotopic (exact) mass is 287 g/mol. The number of rotatable bonds is 4. The molecule has 3 rings (SSSR count). The molecular weight excluding hydrogens is 270 g/mol. The van der Waals surface area contributed by atoms with Crippen LogP contribution < -0.4 is 5.32 Å². The molecule has 0 fully saturated rings. The van der Waals surface area contributed by atoms with Gasteiger partial charge in [-0.15, -0.1) is 0 Å². The first-order valence-corrected chi connectivity index (χ1v) is 7.51. The molecule has 1 N–H and O–H groups in total. The molecule has 104 valence electrons. The summed E-state index contributed by atoms with van der Waals surface area (Å²) < 4.78 is 0. The van der Waals surface area contributed by atoms with Gasteiger partial charge < -0.3 is 5.32 Å². The molecule has 2 aromatic rings. The lowest BCUT2D eigenvalue weighted by Crippen LogP contribution is -2.08. The zero-order valence-corrected chi connectivity index (χ0v) is 12.4. The van der Waals surface area contributed by atoms with E-state index in [1.807, 2.05) is 18.2 Å². The zero-order valence-electron chi connectivity index (χ0n) is 11.6. The van der Waals surface area contributed by atoms with Gasteiger partial charge in [-0.05, 0) is 43.9 Å². The summed E-state index contributed by atoms with van der Waals surface area (Å²) in [6.45, 7) is 2.99. The zero-order chi connectivity index (χ0) is 13.9. The number of fused-ring (bicyclic) bond motifs is 1.